The average Bonchev–Trinajstić information content (AvgIpc) is 2.34. The number of hydrogen-bond acceptors (Lipinski definition) is 2. The number of carbonyl (C=O) groups excluding carboxylic acids is 1. The molecular weight excluding hydrogens is 339 g/mol. The molecule has 0 fully saturated rings. The molecule has 5 heteroatoms. The highest BCUT2D eigenvalue weighted by atomic mass is 79.9. The summed E-state index contributed by atoms with van der Waals surface area (Å²) in [6.07, 6.45) is 0.764. The maximum Gasteiger partial charge on any atom is 0.151 e. The lowest BCUT2D eigenvalue weighted by atomic mass is 10.2. The van der Waals surface area contributed by atoms with Gasteiger partial charge in [0.25, 0.3) is 0 Å². The Morgan fingerprint density at radius 2 is 1.89 bits per heavy atom. The van der Waals surface area contributed by atoms with E-state index in [1.54, 1.807) is 36.4 Å². The van der Waals surface area contributed by atoms with Gasteiger partial charge in [-0.2, -0.15) is 0 Å². The first kappa shape index (κ1) is 13.4. The van der Waals surface area contributed by atoms with Crippen LogP contribution in [0.25, 0.3) is 0 Å². The summed E-state index contributed by atoms with van der Waals surface area (Å²) in [4.78, 5) is 10.7. The molecule has 0 heterocycles. The van der Waals surface area contributed by atoms with Crippen molar-refractivity contribution < 1.29 is 9.53 Å². The lowest BCUT2D eigenvalue weighted by Gasteiger charge is -2.08. The number of aldehydes is 1. The third-order valence-electron chi connectivity index (χ3n) is 2.22. The molecule has 18 heavy (non-hydrogen) atoms. The largest absolute Gasteiger partial charge is 0.456 e. The summed E-state index contributed by atoms with van der Waals surface area (Å²) in [5, 5.41) is 1.01. The Hall–Kier alpha value is -1.03. The van der Waals surface area contributed by atoms with Crippen LogP contribution in [0.3, 0.4) is 0 Å². The number of hydrogen-bond donors (Lipinski definition) is 0. The Bertz CT molecular complexity index is 600. The quantitative estimate of drug-likeness (QED) is 0.700. The molecule has 0 amide bonds. The minimum absolute atomic E-state index is 0.468. The van der Waals surface area contributed by atoms with Crippen LogP contribution in [0.15, 0.2) is 40.9 Å². The SMILES string of the molecule is O=Cc1ccc(Oc2cc(Cl)ccc2Cl)cc1Br. The van der Waals surface area contributed by atoms with E-state index in [2.05, 4.69) is 15.9 Å². The van der Waals surface area contributed by atoms with E-state index in [0.717, 1.165) is 6.29 Å². The fourth-order valence-electron chi connectivity index (χ4n) is 1.35. The average molecular weight is 346 g/mol. The van der Waals surface area contributed by atoms with Gasteiger partial charge in [-0.05, 0) is 46.3 Å². The van der Waals surface area contributed by atoms with Gasteiger partial charge in [0.2, 0.25) is 0 Å². The fraction of sp³-hybridized carbons (Fsp3) is 0. The second-order valence-corrected chi connectivity index (χ2v) is 5.18. The monoisotopic (exact) mass is 344 g/mol. The van der Waals surface area contributed by atoms with Crippen molar-refractivity contribution in [1.29, 1.82) is 0 Å². The van der Waals surface area contributed by atoms with Crippen molar-refractivity contribution in [3.63, 3.8) is 0 Å². The van der Waals surface area contributed by atoms with Crippen LogP contribution in [-0.2, 0) is 0 Å². The van der Waals surface area contributed by atoms with E-state index in [4.69, 9.17) is 27.9 Å². The van der Waals surface area contributed by atoms with Gasteiger partial charge in [-0.3, -0.25) is 4.79 Å². The molecule has 0 unspecified atom stereocenters. The van der Waals surface area contributed by atoms with E-state index in [-0.39, 0.29) is 0 Å². The van der Waals surface area contributed by atoms with Crippen LogP contribution in [0.4, 0.5) is 0 Å². The van der Waals surface area contributed by atoms with Crippen LogP contribution in [0.5, 0.6) is 11.5 Å². The molecule has 0 saturated heterocycles. The summed E-state index contributed by atoms with van der Waals surface area (Å²) in [5.74, 6) is 1.03. The zero-order chi connectivity index (χ0) is 13.1. The molecule has 2 aromatic rings. The van der Waals surface area contributed by atoms with Crippen LogP contribution in [0, 0.1) is 0 Å². The predicted molar refractivity (Wildman–Crippen MR) is 76.1 cm³/mol. The molecule has 2 nitrogen and oxygen atoms in total. The van der Waals surface area contributed by atoms with E-state index in [0.29, 0.717) is 31.6 Å². The van der Waals surface area contributed by atoms with Crippen molar-refractivity contribution in [3.05, 3.63) is 56.5 Å². The Balaban J connectivity index is 2.31. The maximum absolute atomic E-state index is 10.7. The highest BCUT2D eigenvalue weighted by Crippen LogP contribution is 2.33. The molecule has 0 spiro atoms. The molecule has 0 atom stereocenters. The van der Waals surface area contributed by atoms with E-state index in [1.165, 1.54) is 0 Å². The number of halogens is 3. The molecule has 0 bridgehead atoms. The van der Waals surface area contributed by atoms with Crippen molar-refractivity contribution >= 4 is 45.4 Å². The van der Waals surface area contributed by atoms with Gasteiger partial charge in [0.1, 0.15) is 11.5 Å². The Morgan fingerprint density at radius 3 is 2.56 bits per heavy atom. The van der Waals surface area contributed by atoms with E-state index in [1.807, 2.05) is 0 Å². The van der Waals surface area contributed by atoms with E-state index in [9.17, 15) is 4.79 Å². The van der Waals surface area contributed by atoms with Crippen molar-refractivity contribution in [2.75, 3.05) is 0 Å². The topological polar surface area (TPSA) is 26.3 Å². The highest BCUT2D eigenvalue weighted by molar-refractivity contribution is 9.10. The summed E-state index contributed by atoms with van der Waals surface area (Å²) in [7, 11) is 0. The van der Waals surface area contributed by atoms with Crippen molar-refractivity contribution in [1.82, 2.24) is 0 Å². The first-order valence-corrected chi connectivity index (χ1v) is 6.52. The predicted octanol–water partition coefficient (Wildman–Crippen LogP) is 5.36. The Morgan fingerprint density at radius 1 is 1.11 bits per heavy atom. The lowest BCUT2D eigenvalue weighted by molar-refractivity contribution is 0.112. The summed E-state index contributed by atoms with van der Waals surface area (Å²) >= 11 is 15.1. The molecule has 0 aliphatic carbocycles. The molecule has 0 saturated carbocycles. The number of rotatable bonds is 3. The van der Waals surface area contributed by atoms with Crippen molar-refractivity contribution in [3.8, 4) is 11.5 Å². The third kappa shape index (κ3) is 3.05. The summed E-state index contributed by atoms with van der Waals surface area (Å²) in [5.41, 5.74) is 0.555. The molecule has 2 rings (SSSR count). The zero-order valence-electron chi connectivity index (χ0n) is 8.99. The summed E-state index contributed by atoms with van der Waals surface area (Å²) < 4.78 is 6.27. The molecule has 0 N–H and O–H groups in total. The van der Waals surface area contributed by atoms with Gasteiger partial charge in [0.15, 0.2) is 6.29 Å². The molecular formula is C13H7BrCl2O2. The number of ether oxygens (including phenoxy) is 1. The second-order valence-electron chi connectivity index (χ2n) is 3.48. The standard InChI is InChI=1S/C13H7BrCl2O2/c14-11-6-10(3-1-8(11)7-17)18-13-5-9(15)2-4-12(13)16/h1-7H. The first-order valence-electron chi connectivity index (χ1n) is 4.98. The van der Waals surface area contributed by atoms with Crippen molar-refractivity contribution in [2.24, 2.45) is 0 Å². The maximum atomic E-state index is 10.7. The molecule has 0 aliphatic heterocycles. The molecule has 0 radical (unpaired) electrons. The first-order chi connectivity index (χ1) is 8.60. The number of carbonyl (C=O) groups is 1. The van der Waals surface area contributed by atoms with Crippen LogP contribution in [0.2, 0.25) is 10.0 Å². The summed E-state index contributed by atoms with van der Waals surface area (Å²) in [6, 6.07) is 10.0. The highest BCUT2D eigenvalue weighted by Gasteiger charge is 2.06. The van der Waals surface area contributed by atoms with Crippen LogP contribution >= 0.6 is 39.1 Å². The van der Waals surface area contributed by atoms with Gasteiger partial charge in [0.05, 0.1) is 5.02 Å². The second kappa shape index (κ2) is 5.74. The fourth-order valence-corrected chi connectivity index (χ4v) is 2.12. The van der Waals surface area contributed by atoms with Crippen LogP contribution in [0.1, 0.15) is 10.4 Å². The summed E-state index contributed by atoms with van der Waals surface area (Å²) in [6.45, 7) is 0. The molecule has 0 aromatic heterocycles. The number of benzene rings is 2. The van der Waals surface area contributed by atoms with E-state index >= 15 is 0 Å². The minimum Gasteiger partial charge on any atom is -0.456 e. The Kier molecular flexibility index (Phi) is 4.27. The molecule has 2 aromatic carbocycles. The van der Waals surface area contributed by atoms with Gasteiger partial charge in [-0.25, -0.2) is 0 Å². The van der Waals surface area contributed by atoms with Gasteiger partial charge < -0.3 is 4.74 Å². The molecule has 92 valence electrons. The normalized spacial score (nSPS) is 10.2. The smallest absolute Gasteiger partial charge is 0.151 e. The van der Waals surface area contributed by atoms with Gasteiger partial charge in [0, 0.05) is 21.1 Å². The minimum atomic E-state index is 0.468. The molecule has 0 aliphatic rings. The van der Waals surface area contributed by atoms with Crippen molar-refractivity contribution in [2.45, 2.75) is 0 Å². The van der Waals surface area contributed by atoms with Gasteiger partial charge >= 0.3 is 0 Å². The van der Waals surface area contributed by atoms with Gasteiger partial charge in [-0.1, -0.05) is 23.2 Å². The Labute approximate surface area is 123 Å². The lowest BCUT2D eigenvalue weighted by Crippen LogP contribution is -1.88. The van der Waals surface area contributed by atoms with E-state index < -0.39 is 0 Å². The van der Waals surface area contributed by atoms with Gasteiger partial charge in [-0.15, -0.1) is 0 Å². The van der Waals surface area contributed by atoms with Crippen LogP contribution < -0.4 is 4.74 Å². The van der Waals surface area contributed by atoms with Crippen LogP contribution in [-0.4, -0.2) is 6.29 Å². The third-order valence-corrected chi connectivity index (χ3v) is 3.45. The zero-order valence-corrected chi connectivity index (χ0v) is 12.1.